The van der Waals surface area contributed by atoms with E-state index in [-0.39, 0.29) is 24.1 Å². The van der Waals surface area contributed by atoms with Gasteiger partial charge in [0.1, 0.15) is 6.10 Å². The van der Waals surface area contributed by atoms with Crippen LogP contribution < -0.4 is 5.32 Å². The third kappa shape index (κ3) is 3.83. The lowest BCUT2D eigenvalue weighted by Crippen LogP contribution is -2.48. The molecule has 0 bridgehead atoms. The normalized spacial score (nSPS) is 24.3. The van der Waals surface area contributed by atoms with E-state index in [1.807, 2.05) is 0 Å². The second-order valence-electron chi connectivity index (χ2n) is 4.97. The Kier molecular flexibility index (Phi) is 5.01. The molecule has 2 saturated heterocycles. The van der Waals surface area contributed by atoms with Crippen LogP contribution in [0.1, 0.15) is 32.6 Å². The van der Waals surface area contributed by atoms with Gasteiger partial charge in [-0.2, -0.15) is 0 Å². The lowest BCUT2D eigenvalue weighted by molar-refractivity contribution is -0.131. The molecule has 6 nitrogen and oxygen atoms in total. The molecule has 0 spiro atoms. The van der Waals surface area contributed by atoms with Crippen LogP contribution in [0, 0.1) is 0 Å². The van der Waals surface area contributed by atoms with Crippen LogP contribution in [0.3, 0.4) is 0 Å². The molecule has 1 N–H and O–H groups in total. The van der Waals surface area contributed by atoms with Crippen LogP contribution in [-0.4, -0.2) is 55.3 Å². The number of hydrogen-bond donors (Lipinski definition) is 1. The summed E-state index contributed by atoms with van der Waals surface area (Å²) >= 11 is 0. The number of carbonyl (C=O) groups excluding carboxylic acids is 2. The fourth-order valence-electron chi connectivity index (χ4n) is 2.50. The maximum Gasteiger partial charge on any atom is 0.409 e. The molecule has 1 unspecified atom stereocenters. The topological polar surface area (TPSA) is 67.9 Å². The van der Waals surface area contributed by atoms with Crippen molar-refractivity contribution in [3.63, 3.8) is 0 Å². The minimum atomic E-state index is -0.275. The Morgan fingerprint density at radius 3 is 2.63 bits per heavy atom. The SMILES string of the molecule is CCOC(=O)N1CCC(NC(=O)C2CCCO2)CC1. The average molecular weight is 270 g/mol. The van der Waals surface area contributed by atoms with Crippen molar-refractivity contribution in [3.05, 3.63) is 0 Å². The third-order valence-electron chi connectivity index (χ3n) is 3.59. The van der Waals surface area contributed by atoms with Gasteiger partial charge in [0, 0.05) is 25.7 Å². The molecule has 2 aliphatic rings. The second kappa shape index (κ2) is 6.75. The summed E-state index contributed by atoms with van der Waals surface area (Å²) in [6.07, 6.45) is 2.79. The van der Waals surface area contributed by atoms with Gasteiger partial charge in [0.2, 0.25) is 5.91 Å². The molecule has 2 rings (SSSR count). The van der Waals surface area contributed by atoms with E-state index in [1.54, 1.807) is 11.8 Å². The molecule has 2 fully saturated rings. The summed E-state index contributed by atoms with van der Waals surface area (Å²) in [5, 5.41) is 3.01. The number of piperidine rings is 1. The largest absolute Gasteiger partial charge is 0.450 e. The van der Waals surface area contributed by atoms with Gasteiger partial charge < -0.3 is 19.7 Å². The first-order valence-electron chi connectivity index (χ1n) is 7.04. The molecular weight excluding hydrogens is 248 g/mol. The van der Waals surface area contributed by atoms with Crippen LogP contribution in [0.2, 0.25) is 0 Å². The van der Waals surface area contributed by atoms with Gasteiger partial charge >= 0.3 is 6.09 Å². The molecule has 19 heavy (non-hydrogen) atoms. The Bertz CT molecular complexity index is 321. The monoisotopic (exact) mass is 270 g/mol. The van der Waals surface area contributed by atoms with Crippen LogP contribution in [0.15, 0.2) is 0 Å². The summed E-state index contributed by atoms with van der Waals surface area (Å²) < 4.78 is 10.3. The first kappa shape index (κ1) is 14.1. The zero-order valence-electron chi connectivity index (χ0n) is 11.4. The lowest BCUT2D eigenvalue weighted by atomic mass is 10.0. The fraction of sp³-hybridized carbons (Fsp3) is 0.846. The van der Waals surface area contributed by atoms with Crippen molar-refractivity contribution < 1.29 is 19.1 Å². The number of ether oxygens (including phenoxy) is 2. The predicted octanol–water partition coefficient (Wildman–Crippen LogP) is 0.902. The van der Waals surface area contributed by atoms with Gasteiger partial charge in [-0.3, -0.25) is 4.79 Å². The van der Waals surface area contributed by atoms with Gasteiger partial charge in [0.05, 0.1) is 6.61 Å². The van der Waals surface area contributed by atoms with Crippen molar-refractivity contribution in [2.45, 2.75) is 44.8 Å². The summed E-state index contributed by atoms with van der Waals surface area (Å²) in [6.45, 7) is 4.14. The minimum absolute atomic E-state index is 0.00733. The van der Waals surface area contributed by atoms with E-state index in [0.717, 1.165) is 25.7 Å². The highest BCUT2D eigenvalue weighted by Gasteiger charge is 2.28. The van der Waals surface area contributed by atoms with Crippen molar-refractivity contribution in [2.75, 3.05) is 26.3 Å². The van der Waals surface area contributed by atoms with E-state index in [4.69, 9.17) is 9.47 Å². The first-order valence-corrected chi connectivity index (χ1v) is 7.04. The maximum absolute atomic E-state index is 11.9. The zero-order chi connectivity index (χ0) is 13.7. The van der Waals surface area contributed by atoms with Crippen LogP contribution in [0.25, 0.3) is 0 Å². The van der Waals surface area contributed by atoms with E-state index >= 15 is 0 Å². The van der Waals surface area contributed by atoms with E-state index in [0.29, 0.717) is 26.3 Å². The van der Waals surface area contributed by atoms with Gasteiger partial charge in [-0.05, 0) is 32.6 Å². The molecule has 2 amide bonds. The van der Waals surface area contributed by atoms with Crippen molar-refractivity contribution in [1.82, 2.24) is 10.2 Å². The second-order valence-corrected chi connectivity index (χ2v) is 4.97. The summed E-state index contributed by atoms with van der Waals surface area (Å²) in [7, 11) is 0. The van der Waals surface area contributed by atoms with Crippen LogP contribution in [0.4, 0.5) is 4.79 Å². The molecule has 0 saturated carbocycles. The zero-order valence-corrected chi connectivity index (χ0v) is 11.4. The molecule has 0 aromatic heterocycles. The highest BCUT2D eigenvalue weighted by molar-refractivity contribution is 5.81. The fourth-order valence-corrected chi connectivity index (χ4v) is 2.50. The number of carbonyl (C=O) groups is 2. The Morgan fingerprint density at radius 2 is 2.05 bits per heavy atom. The van der Waals surface area contributed by atoms with E-state index < -0.39 is 0 Å². The highest BCUT2D eigenvalue weighted by Crippen LogP contribution is 2.15. The molecule has 0 radical (unpaired) electrons. The van der Waals surface area contributed by atoms with Gasteiger partial charge in [-0.25, -0.2) is 4.79 Å². The number of likely N-dealkylation sites (tertiary alicyclic amines) is 1. The number of amides is 2. The van der Waals surface area contributed by atoms with E-state index in [2.05, 4.69) is 5.32 Å². The van der Waals surface area contributed by atoms with Gasteiger partial charge in [-0.1, -0.05) is 0 Å². The Balaban J connectivity index is 1.71. The van der Waals surface area contributed by atoms with Crippen LogP contribution in [-0.2, 0) is 14.3 Å². The van der Waals surface area contributed by atoms with Crippen molar-refractivity contribution in [3.8, 4) is 0 Å². The number of nitrogens with one attached hydrogen (secondary N) is 1. The summed E-state index contributed by atoms with van der Waals surface area (Å²) in [4.78, 5) is 25.1. The number of hydrogen-bond acceptors (Lipinski definition) is 4. The van der Waals surface area contributed by atoms with Crippen LogP contribution >= 0.6 is 0 Å². The van der Waals surface area contributed by atoms with E-state index in [1.165, 1.54) is 0 Å². The molecule has 0 aliphatic carbocycles. The van der Waals surface area contributed by atoms with Crippen LogP contribution in [0.5, 0.6) is 0 Å². The Morgan fingerprint density at radius 1 is 1.32 bits per heavy atom. The van der Waals surface area contributed by atoms with Gasteiger partial charge in [0.25, 0.3) is 0 Å². The number of nitrogens with zero attached hydrogens (tertiary/aromatic N) is 1. The standard InChI is InChI=1S/C13H22N2O4/c1-2-18-13(17)15-7-5-10(6-8-15)14-12(16)11-4-3-9-19-11/h10-11H,2-9H2,1H3,(H,14,16). The van der Waals surface area contributed by atoms with Gasteiger partial charge in [0.15, 0.2) is 0 Å². The Labute approximate surface area is 113 Å². The van der Waals surface area contributed by atoms with Crippen molar-refractivity contribution >= 4 is 12.0 Å². The quantitative estimate of drug-likeness (QED) is 0.827. The predicted molar refractivity (Wildman–Crippen MR) is 68.7 cm³/mol. The molecule has 0 aromatic carbocycles. The molecular formula is C13H22N2O4. The summed E-state index contributed by atoms with van der Waals surface area (Å²) in [6, 6.07) is 0.141. The average Bonchev–Trinajstić information content (AvgIpc) is 2.94. The van der Waals surface area contributed by atoms with Crippen molar-refractivity contribution in [1.29, 1.82) is 0 Å². The molecule has 0 aromatic rings. The molecule has 108 valence electrons. The van der Waals surface area contributed by atoms with E-state index in [9.17, 15) is 9.59 Å². The van der Waals surface area contributed by atoms with Crippen molar-refractivity contribution in [2.24, 2.45) is 0 Å². The maximum atomic E-state index is 11.9. The molecule has 1 atom stereocenters. The summed E-state index contributed by atoms with van der Waals surface area (Å²) in [5.74, 6) is -0.00733. The number of rotatable bonds is 3. The molecule has 2 aliphatic heterocycles. The highest BCUT2D eigenvalue weighted by atomic mass is 16.6. The third-order valence-corrected chi connectivity index (χ3v) is 3.59. The minimum Gasteiger partial charge on any atom is -0.450 e. The Hall–Kier alpha value is -1.30. The molecule has 6 heteroatoms. The first-order chi connectivity index (χ1) is 9.20. The smallest absolute Gasteiger partial charge is 0.409 e. The molecule has 2 heterocycles. The summed E-state index contributed by atoms with van der Waals surface area (Å²) in [5.41, 5.74) is 0. The lowest BCUT2D eigenvalue weighted by Gasteiger charge is -2.32. The van der Waals surface area contributed by atoms with Gasteiger partial charge in [-0.15, -0.1) is 0 Å².